The van der Waals surface area contributed by atoms with Crippen LogP contribution in [0.2, 0.25) is 0 Å². The molecule has 0 radical (unpaired) electrons. The number of benzene rings is 1. The third-order valence-corrected chi connectivity index (χ3v) is 3.35. The van der Waals surface area contributed by atoms with Gasteiger partial charge in [0.25, 0.3) is 0 Å². The van der Waals surface area contributed by atoms with Gasteiger partial charge in [-0.15, -0.1) is 0 Å². The average molecular weight is 272 g/mol. The van der Waals surface area contributed by atoms with E-state index in [0.29, 0.717) is 13.0 Å². The first-order valence-electron chi connectivity index (χ1n) is 6.20. The summed E-state index contributed by atoms with van der Waals surface area (Å²) >= 11 is 0. The summed E-state index contributed by atoms with van der Waals surface area (Å²) in [5.41, 5.74) is -0.917. The predicted molar refractivity (Wildman–Crippen MR) is 67.1 cm³/mol. The smallest absolute Gasteiger partial charge is 0.172 e. The van der Waals surface area contributed by atoms with Crippen molar-refractivity contribution >= 4 is 0 Å². The fraction of sp³-hybridized carbons (Fsp3) is 0.538. The number of aliphatic hydroxyl groups is 1. The zero-order valence-corrected chi connectivity index (χ0v) is 10.8. The first kappa shape index (κ1) is 14.2. The Balaban J connectivity index is 1.99. The number of methoxy groups -OCH3 is 1. The van der Waals surface area contributed by atoms with Crippen LogP contribution in [0.15, 0.2) is 12.1 Å². The van der Waals surface area contributed by atoms with Gasteiger partial charge in [-0.25, -0.2) is 8.78 Å². The van der Waals surface area contributed by atoms with Crippen molar-refractivity contribution in [3.8, 4) is 5.75 Å². The molecule has 1 aliphatic rings. The molecule has 2 rings (SSSR count). The first-order valence-corrected chi connectivity index (χ1v) is 6.20. The maximum Gasteiger partial charge on any atom is 0.172 e. The Labute approximate surface area is 110 Å². The molecule has 6 heteroatoms. The molecule has 1 aliphatic heterocycles. The van der Waals surface area contributed by atoms with Crippen molar-refractivity contribution in [2.24, 2.45) is 0 Å². The topological polar surface area (TPSA) is 53.5 Å². The van der Waals surface area contributed by atoms with Gasteiger partial charge < -0.3 is 20.5 Å². The van der Waals surface area contributed by atoms with E-state index < -0.39 is 17.2 Å². The van der Waals surface area contributed by atoms with Crippen molar-refractivity contribution in [2.75, 3.05) is 26.7 Å². The summed E-state index contributed by atoms with van der Waals surface area (Å²) in [6.07, 6.45) is 0.628. The highest BCUT2D eigenvalue weighted by atomic mass is 19.1. The van der Waals surface area contributed by atoms with Crippen LogP contribution in [0.1, 0.15) is 12.0 Å². The van der Waals surface area contributed by atoms with Crippen LogP contribution >= 0.6 is 0 Å². The van der Waals surface area contributed by atoms with E-state index in [1.54, 1.807) is 0 Å². The van der Waals surface area contributed by atoms with Crippen molar-refractivity contribution < 1.29 is 18.6 Å². The van der Waals surface area contributed by atoms with Crippen molar-refractivity contribution in [3.05, 3.63) is 29.3 Å². The molecule has 106 valence electrons. The van der Waals surface area contributed by atoms with Gasteiger partial charge in [-0.05, 0) is 25.1 Å². The van der Waals surface area contributed by atoms with Gasteiger partial charge in [0.05, 0.1) is 12.7 Å². The minimum atomic E-state index is -0.841. The zero-order valence-electron chi connectivity index (χ0n) is 10.8. The molecule has 0 aliphatic carbocycles. The molecule has 0 aromatic heterocycles. The Morgan fingerprint density at radius 3 is 2.89 bits per heavy atom. The van der Waals surface area contributed by atoms with Gasteiger partial charge in [-0.1, -0.05) is 0 Å². The van der Waals surface area contributed by atoms with Gasteiger partial charge >= 0.3 is 0 Å². The molecule has 1 aromatic rings. The number of hydrogen-bond donors (Lipinski definition) is 3. The lowest BCUT2D eigenvalue weighted by Gasteiger charge is -2.22. The molecule has 0 amide bonds. The second kappa shape index (κ2) is 5.81. The molecule has 0 saturated carbocycles. The van der Waals surface area contributed by atoms with Crippen molar-refractivity contribution in [3.63, 3.8) is 0 Å². The van der Waals surface area contributed by atoms with E-state index in [-0.39, 0.29) is 24.4 Å². The third-order valence-electron chi connectivity index (χ3n) is 3.35. The molecule has 1 atom stereocenters. The van der Waals surface area contributed by atoms with E-state index in [0.717, 1.165) is 6.54 Å². The minimum Gasteiger partial charge on any atom is -0.494 e. The number of β-amino-alcohol motifs (C(OH)–C–C–N with tert-alkyl or cyclic N) is 1. The van der Waals surface area contributed by atoms with Crippen LogP contribution in [0, 0.1) is 11.6 Å². The maximum absolute atomic E-state index is 13.8. The molecule has 4 nitrogen and oxygen atoms in total. The van der Waals surface area contributed by atoms with Crippen LogP contribution in [0.3, 0.4) is 0 Å². The second-order valence-corrected chi connectivity index (χ2v) is 4.80. The highest BCUT2D eigenvalue weighted by Gasteiger charge is 2.30. The molecule has 0 bridgehead atoms. The predicted octanol–water partition coefficient (Wildman–Crippen LogP) is 0.787. The quantitative estimate of drug-likeness (QED) is 0.742. The van der Waals surface area contributed by atoms with E-state index >= 15 is 0 Å². The van der Waals surface area contributed by atoms with Gasteiger partial charge in [0.2, 0.25) is 0 Å². The van der Waals surface area contributed by atoms with Crippen LogP contribution < -0.4 is 15.4 Å². The summed E-state index contributed by atoms with van der Waals surface area (Å²) in [6.45, 7) is 1.54. The van der Waals surface area contributed by atoms with Crippen LogP contribution in [-0.4, -0.2) is 37.5 Å². The lowest BCUT2D eigenvalue weighted by Crippen LogP contribution is -2.42. The normalized spacial score (nSPS) is 22.7. The summed E-state index contributed by atoms with van der Waals surface area (Å²) in [5, 5.41) is 16.0. The third kappa shape index (κ3) is 3.20. The van der Waals surface area contributed by atoms with Gasteiger partial charge in [-0.3, -0.25) is 0 Å². The minimum absolute atomic E-state index is 0.0111. The molecule has 1 heterocycles. The summed E-state index contributed by atoms with van der Waals surface area (Å²) in [6, 6.07) is 2.42. The Hall–Kier alpha value is -1.24. The molecule has 1 fully saturated rings. The summed E-state index contributed by atoms with van der Waals surface area (Å²) in [7, 11) is 1.33. The SMILES string of the molecule is COc1ccc(F)c(CNC[C@]2(O)CCNC2)c1F. The Morgan fingerprint density at radius 1 is 1.47 bits per heavy atom. The molecule has 3 N–H and O–H groups in total. The maximum atomic E-state index is 13.8. The lowest BCUT2D eigenvalue weighted by molar-refractivity contribution is 0.0607. The summed E-state index contributed by atoms with van der Waals surface area (Å²) < 4.78 is 32.2. The molecular formula is C13H18F2N2O2. The first-order chi connectivity index (χ1) is 9.06. The van der Waals surface area contributed by atoms with E-state index in [4.69, 9.17) is 4.74 Å². The van der Waals surface area contributed by atoms with Crippen LogP contribution in [0.25, 0.3) is 0 Å². The average Bonchev–Trinajstić information content (AvgIpc) is 2.81. The van der Waals surface area contributed by atoms with Crippen molar-refractivity contribution in [1.29, 1.82) is 0 Å². The van der Waals surface area contributed by atoms with Gasteiger partial charge in [0.15, 0.2) is 11.6 Å². The number of ether oxygens (including phenoxy) is 1. The molecule has 1 aromatic carbocycles. The van der Waals surface area contributed by atoms with Crippen LogP contribution in [-0.2, 0) is 6.54 Å². The van der Waals surface area contributed by atoms with E-state index in [1.165, 1.54) is 19.2 Å². The standard InChI is InChI=1S/C13H18F2N2O2/c1-19-11-3-2-10(14)9(12(11)15)6-17-8-13(18)4-5-16-7-13/h2-3,16-18H,4-8H2,1H3/t13-/m0/s1. The van der Waals surface area contributed by atoms with E-state index in [2.05, 4.69) is 10.6 Å². The van der Waals surface area contributed by atoms with Gasteiger partial charge in [-0.2, -0.15) is 0 Å². The van der Waals surface area contributed by atoms with Crippen LogP contribution in [0.5, 0.6) is 5.75 Å². The molecule has 0 unspecified atom stereocenters. The second-order valence-electron chi connectivity index (χ2n) is 4.80. The zero-order chi connectivity index (χ0) is 13.9. The summed E-state index contributed by atoms with van der Waals surface area (Å²) in [4.78, 5) is 0. The highest BCUT2D eigenvalue weighted by molar-refractivity contribution is 5.32. The van der Waals surface area contributed by atoms with E-state index in [1.807, 2.05) is 0 Å². The fourth-order valence-electron chi connectivity index (χ4n) is 2.20. The van der Waals surface area contributed by atoms with Gasteiger partial charge in [0, 0.05) is 25.2 Å². The van der Waals surface area contributed by atoms with Crippen LogP contribution in [0.4, 0.5) is 8.78 Å². The van der Waals surface area contributed by atoms with Crippen molar-refractivity contribution in [2.45, 2.75) is 18.6 Å². The summed E-state index contributed by atoms with van der Waals surface area (Å²) in [5.74, 6) is -1.31. The molecular weight excluding hydrogens is 254 g/mol. The Kier molecular flexibility index (Phi) is 4.34. The lowest BCUT2D eigenvalue weighted by atomic mass is 10.0. The number of hydrogen-bond acceptors (Lipinski definition) is 4. The van der Waals surface area contributed by atoms with Crippen molar-refractivity contribution in [1.82, 2.24) is 10.6 Å². The number of rotatable bonds is 5. The highest BCUT2D eigenvalue weighted by Crippen LogP contribution is 2.23. The van der Waals surface area contributed by atoms with Gasteiger partial charge in [0.1, 0.15) is 5.82 Å². The Morgan fingerprint density at radius 2 is 2.26 bits per heavy atom. The monoisotopic (exact) mass is 272 g/mol. The molecule has 0 spiro atoms. The molecule has 1 saturated heterocycles. The fourth-order valence-corrected chi connectivity index (χ4v) is 2.20. The number of nitrogens with one attached hydrogen (secondary N) is 2. The van der Waals surface area contributed by atoms with E-state index in [9.17, 15) is 13.9 Å². The largest absolute Gasteiger partial charge is 0.494 e. The number of halogens is 2. The molecule has 19 heavy (non-hydrogen) atoms. The Bertz CT molecular complexity index is 449.